The molecule has 1 unspecified atom stereocenters. The number of phenols is 1. The topological polar surface area (TPSA) is 163 Å². The Labute approximate surface area is 263 Å². The third kappa shape index (κ3) is 9.67. The van der Waals surface area contributed by atoms with E-state index in [-0.39, 0.29) is 55.0 Å². The number of amides is 1. The van der Waals surface area contributed by atoms with Gasteiger partial charge >= 0.3 is 5.97 Å². The largest absolute Gasteiger partial charge is 0.508 e. The number of rotatable bonds is 12. The van der Waals surface area contributed by atoms with Crippen LogP contribution in [-0.2, 0) is 26.2 Å². The fourth-order valence-corrected chi connectivity index (χ4v) is 5.08. The molecule has 0 aliphatic carbocycles. The number of benzene rings is 2. The molecule has 0 radical (unpaired) electrons. The number of β-amino-alcohol motifs (C(OH)–C–C–N with tert-alkyl or cyclic N) is 1. The van der Waals surface area contributed by atoms with Gasteiger partial charge in [-0.3, -0.25) is 19.4 Å². The van der Waals surface area contributed by atoms with Crippen LogP contribution in [-0.4, -0.2) is 76.0 Å². The van der Waals surface area contributed by atoms with Gasteiger partial charge in [0.15, 0.2) is 5.78 Å². The van der Waals surface area contributed by atoms with Crippen molar-refractivity contribution in [2.75, 3.05) is 26.2 Å². The number of aromatic hydroxyl groups is 1. The molecule has 0 saturated heterocycles. The summed E-state index contributed by atoms with van der Waals surface area (Å²) in [6, 6.07) is 10.5. The number of hydrogen-bond acceptors (Lipinski definition) is 10. The molecule has 0 spiro atoms. The zero-order valence-electron chi connectivity index (χ0n) is 26.2. The molecule has 1 amide bonds. The van der Waals surface area contributed by atoms with Gasteiger partial charge in [-0.05, 0) is 52.8 Å². The number of aliphatic hydroxyl groups excluding tert-OH is 1. The number of aliphatic imine (C=N–C) groups is 1. The lowest BCUT2D eigenvalue weighted by Crippen LogP contribution is -2.39. The van der Waals surface area contributed by atoms with Gasteiger partial charge in [0.1, 0.15) is 17.9 Å². The molecule has 2 aromatic carbocycles. The summed E-state index contributed by atoms with van der Waals surface area (Å²) in [6.07, 6.45) is 4.70. The van der Waals surface area contributed by atoms with Crippen LogP contribution in [0.15, 0.2) is 60.1 Å². The van der Waals surface area contributed by atoms with Crippen molar-refractivity contribution >= 4 is 23.5 Å². The standard InChI is InChI=1S/C34H41N5O6/c1-5-45-32(43)14-24(22-9-23(26-15-35-20-36-16-26)11-27(10-22)34(2,3)4)12-29(41)17-39-33(44)25-6-21(7-28(40)13-25)8-31-37-18-30(42)19-38-31/h6-7,9-11,13,15-16,20,24,30,40,42H,5,8,12,14,17-19H2,1-4H3,(H,37,38)(H,39,44)/t24-/m0/s1. The highest BCUT2D eigenvalue weighted by molar-refractivity contribution is 5.97. The van der Waals surface area contributed by atoms with E-state index in [9.17, 15) is 24.6 Å². The SMILES string of the molecule is CCOC(=O)C[C@H](CC(=O)CNC(=O)c1cc(O)cc(CC2=NCC(O)CN2)c1)c1cc(-c2cncnc2)cc(C(C)(C)C)c1. The zero-order valence-corrected chi connectivity index (χ0v) is 26.2. The molecule has 11 nitrogen and oxygen atoms in total. The van der Waals surface area contributed by atoms with Gasteiger partial charge < -0.3 is 25.6 Å². The van der Waals surface area contributed by atoms with Crippen molar-refractivity contribution in [1.82, 2.24) is 20.6 Å². The highest BCUT2D eigenvalue weighted by atomic mass is 16.5. The van der Waals surface area contributed by atoms with E-state index in [2.05, 4.69) is 52.4 Å². The first kappa shape index (κ1) is 33.3. The Morgan fingerprint density at radius 2 is 1.80 bits per heavy atom. The maximum absolute atomic E-state index is 13.3. The molecular formula is C34H41N5O6. The molecule has 3 aromatic rings. The van der Waals surface area contributed by atoms with Crippen LogP contribution in [0.4, 0.5) is 0 Å². The predicted molar refractivity (Wildman–Crippen MR) is 170 cm³/mol. The third-order valence-corrected chi connectivity index (χ3v) is 7.47. The van der Waals surface area contributed by atoms with Crippen LogP contribution in [0.3, 0.4) is 0 Å². The summed E-state index contributed by atoms with van der Waals surface area (Å²) in [5.41, 5.74) is 4.16. The van der Waals surface area contributed by atoms with Crippen molar-refractivity contribution in [2.24, 2.45) is 4.99 Å². The van der Waals surface area contributed by atoms with Gasteiger partial charge in [0.05, 0.1) is 32.2 Å². The van der Waals surface area contributed by atoms with E-state index < -0.39 is 23.9 Å². The van der Waals surface area contributed by atoms with E-state index in [4.69, 9.17) is 4.74 Å². The molecule has 2 atom stereocenters. The number of phenolic OH excluding ortho intramolecular Hbond substituents is 1. The van der Waals surface area contributed by atoms with E-state index in [1.165, 1.54) is 12.4 Å². The van der Waals surface area contributed by atoms with Crippen LogP contribution < -0.4 is 10.6 Å². The summed E-state index contributed by atoms with van der Waals surface area (Å²) >= 11 is 0. The van der Waals surface area contributed by atoms with Crippen LogP contribution >= 0.6 is 0 Å². The molecule has 0 bridgehead atoms. The Morgan fingerprint density at radius 1 is 1.04 bits per heavy atom. The molecule has 11 heteroatoms. The molecule has 4 rings (SSSR count). The van der Waals surface area contributed by atoms with Crippen LogP contribution in [0, 0.1) is 0 Å². The Kier molecular flexibility index (Phi) is 11.0. The monoisotopic (exact) mass is 615 g/mol. The van der Waals surface area contributed by atoms with Crippen molar-refractivity contribution < 1.29 is 29.3 Å². The highest BCUT2D eigenvalue weighted by Gasteiger charge is 2.25. The first-order valence-electron chi connectivity index (χ1n) is 15.1. The predicted octanol–water partition coefficient (Wildman–Crippen LogP) is 3.48. The van der Waals surface area contributed by atoms with Gasteiger partial charge in [0.2, 0.25) is 0 Å². The van der Waals surface area contributed by atoms with Crippen molar-refractivity contribution in [3.63, 3.8) is 0 Å². The zero-order chi connectivity index (χ0) is 32.6. The number of aromatic nitrogens is 2. The van der Waals surface area contributed by atoms with Crippen molar-refractivity contribution in [3.05, 3.63) is 77.4 Å². The number of nitrogens with one attached hydrogen (secondary N) is 2. The molecule has 4 N–H and O–H groups in total. The molecule has 0 saturated carbocycles. The highest BCUT2D eigenvalue weighted by Crippen LogP contribution is 2.34. The van der Waals surface area contributed by atoms with E-state index in [1.54, 1.807) is 31.5 Å². The molecule has 1 aliphatic rings. The number of Topliss-reactive ketones (excluding diaryl/α,β-unsaturated/α-hetero) is 1. The molecule has 45 heavy (non-hydrogen) atoms. The number of ether oxygens (including phenoxy) is 1. The quantitative estimate of drug-likeness (QED) is 0.223. The average Bonchev–Trinajstić information content (AvgIpc) is 3.00. The number of hydrogen-bond donors (Lipinski definition) is 4. The lowest BCUT2D eigenvalue weighted by atomic mass is 9.81. The maximum Gasteiger partial charge on any atom is 0.306 e. The number of aliphatic hydroxyl groups is 1. The van der Waals surface area contributed by atoms with Crippen LogP contribution in [0.25, 0.3) is 11.1 Å². The third-order valence-electron chi connectivity index (χ3n) is 7.47. The second-order valence-corrected chi connectivity index (χ2v) is 12.2. The summed E-state index contributed by atoms with van der Waals surface area (Å²) in [5.74, 6) is -1.12. The summed E-state index contributed by atoms with van der Waals surface area (Å²) in [4.78, 5) is 51.5. The number of esters is 1. The van der Waals surface area contributed by atoms with E-state index >= 15 is 0 Å². The fourth-order valence-electron chi connectivity index (χ4n) is 5.08. The Balaban J connectivity index is 1.51. The Morgan fingerprint density at radius 3 is 2.47 bits per heavy atom. The van der Waals surface area contributed by atoms with Gasteiger partial charge in [0, 0.05) is 48.8 Å². The number of ketones is 1. The van der Waals surface area contributed by atoms with E-state index in [0.717, 1.165) is 22.3 Å². The Hall–Kier alpha value is -4.64. The molecule has 0 fully saturated rings. The molecule has 1 aromatic heterocycles. The van der Waals surface area contributed by atoms with Crippen LogP contribution in [0.5, 0.6) is 5.75 Å². The molecule has 238 valence electrons. The van der Waals surface area contributed by atoms with E-state index in [1.807, 2.05) is 12.1 Å². The van der Waals surface area contributed by atoms with Crippen LogP contribution in [0.1, 0.15) is 73.5 Å². The number of nitrogens with zero attached hydrogens (tertiary/aromatic N) is 3. The fraction of sp³-hybridized carbons (Fsp3) is 0.412. The van der Waals surface area contributed by atoms with Gasteiger partial charge in [-0.15, -0.1) is 0 Å². The number of amidine groups is 1. The van der Waals surface area contributed by atoms with Gasteiger partial charge in [0.25, 0.3) is 5.91 Å². The minimum atomic E-state index is -0.545. The normalized spacial score (nSPS) is 15.4. The van der Waals surface area contributed by atoms with Gasteiger partial charge in [-0.2, -0.15) is 0 Å². The van der Waals surface area contributed by atoms with Gasteiger partial charge in [-0.25, -0.2) is 9.97 Å². The summed E-state index contributed by atoms with van der Waals surface area (Å²) < 4.78 is 5.24. The Bertz CT molecular complexity index is 1550. The van der Waals surface area contributed by atoms with Crippen molar-refractivity contribution in [2.45, 2.75) is 64.4 Å². The summed E-state index contributed by atoms with van der Waals surface area (Å²) in [5, 5.41) is 25.6. The minimum absolute atomic E-state index is 0.0000542. The number of carbonyl (C=O) groups excluding carboxylic acids is 3. The molecular weight excluding hydrogens is 574 g/mol. The van der Waals surface area contributed by atoms with E-state index in [0.29, 0.717) is 24.4 Å². The first-order chi connectivity index (χ1) is 21.4. The maximum atomic E-state index is 13.3. The second-order valence-electron chi connectivity index (χ2n) is 12.2. The number of carbonyl (C=O) groups is 3. The average molecular weight is 616 g/mol. The minimum Gasteiger partial charge on any atom is -0.508 e. The lowest BCUT2D eigenvalue weighted by molar-refractivity contribution is -0.143. The smallest absolute Gasteiger partial charge is 0.306 e. The summed E-state index contributed by atoms with van der Waals surface area (Å²) in [6.45, 7) is 8.65. The van der Waals surface area contributed by atoms with Gasteiger partial charge in [-0.1, -0.05) is 39.0 Å². The first-order valence-corrected chi connectivity index (χ1v) is 15.1. The van der Waals surface area contributed by atoms with Crippen molar-refractivity contribution in [1.29, 1.82) is 0 Å². The molecule has 2 heterocycles. The van der Waals surface area contributed by atoms with Crippen molar-refractivity contribution in [3.8, 4) is 16.9 Å². The van der Waals surface area contributed by atoms with Crippen LogP contribution in [0.2, 0.25) is 0 Å². The lowest BCUT2D eigenvalue weighted by Gasteiger charge is -2.24. The summed E-state index contributed by atoms with van der Waals surface area (Å²) in [7, 11) is 0. The second kappa shape index (κ2) is 14.9. The molecule has 1 aliphatic heterocycles.